The first kappa shape index (κ1) is 16.0. The van der Waals surface area contributed by atoms with Crippen LogP contribution in [0.4, 0.5) is 0 Å². The number of carbonyl (C=O) groups excluding carboxylic acids is 3. The number of thiophene rings is 1. The zero-order valence-electron chi connectivity index (χ0n) is 11.9. The number of hydrogen-bond donors (Lipinski definition) is 1. The standard InChI is InChI=1S/C14H15NO6S/c1-9(16)15-6-10-2-3-13(22-10)11(17)7-21-14(18)12-8-19-4-5-20-12/h2-3,8H,4-7H2,1H3,(H,15,16). The van der Waals surface area contributed by atoms with Gasteiger partial charge in [0.1, 0.15) is 19.5 Å². The van der Waals surface area contributed by atoms with Crippen LogP contribution in [0.1, 0.15) is 21.5 Å². The van der Waals surface area contributed by atoms with Gasteiger partial charge in [0.15, 0.2) is 6.61 Å². The maximum Gasteiger partial charge on any atom is 0.377 e. The Kier molecular flexibility index (Phi) is 5.54. The zero-order valence-corrected chi connectivity index (χ0v) is 12.7. The molecule has 0 saturated carbocycles. The number of hydrogen-bond acceptors (Lipinski definition) is 7. The molecular weight excluding hydrogens is 310 g/mol. The van der Waals surface area contributed by atoms with E-state index in [0.717, 1.165) is 4.88 Å². The molecule has 1 amide bonds. The fourth-order valence-electron chi connectivity index (χ4n) is 1.58. The summed E-state index contributed by atoms with van der Waals surface area (Å²) in [5.74, 6) is -1.23. The van der Waals surface area contributed by atoms with Crippen molar-refractivity contribution in [1.29, 1.82) is 0 Å². The molecule has 118 valence electrons. The van der Waals surface area contributed by atoms with Crippen molar-refractivity contribution in [2.45, 2.75) is 13.5 Å². The van der Waals surface area contributed by atoms with Gasteiger partial charge >= 0.3 is 5.97 Å². The third kappa shape index (κ3) is 4.59. The minimum absolute atomic E-state index is 0.0448. The van der Waals surface area contributed by atoms with E-state index in [4.69, 9.17) is 14.2 Å². The van der Waals surface area contributed by atoms with Crippen molar-refractivity contribution in [3.63, 3.8) is 0 Å². The molecule has 2 heterocycles. The Morgan fingerprint density at radius 2 is 2.14 bits per heavy atom. The number of esters is 1. The second-order valence-corrected chi connectivity index (χ2v) is 5.54. The van der Waals surface area contributed by atoms with Gasteiger partial charge in [0.2, 0.25) is 17.4 Å². The van der Waals surface area contributed by atoms with Crippen molar-refractivity contribution in [2.24, 2.45) is 0 Å². The third-order valence-corrected chi connectivity index (χ3v) is 3.76. The molecule has 7 nitrogen and oxygen atoms in total. The third-order valence-electron chi connectivity index (χ3n) is 2.63. The van der Waals surface area contributed by atoms with Gasteiger partial charge in [0.25, 0.3) is 0 Å². The van der Waals surface area contributed by atoms with Gasteiger partial charge in [-0.2, -0.15) is 0 Å². The molecule has 1 aliphatic heterocycles. The van der Waals surface area contributed by atoms with Crippen molar-refractivity contribution >= 4 is 29.0 Å². The maximum absolute atomic E-state index is 11.9. The Morgan fingerprint density at radius 3 is 2.82 bits per heavy atom. The normalized spacial score (nSPS) is 13.4. The van der Waals surface area contributed by atoms with Crippen LogP contribution in [0.5, 0.6) is 0 Å². The number of nitrogens with one attached hydrogen (secondary N) is 1. The van der Waals surface area contributed by atoms with E-state index >= 15 is 0 Å². The quantitative estimate of drug-likeness (QED) is 0.620. The van der Waals surface area contributed by atoms with Crippen LogP contribution in [0.25, 0.3) is 0 Å². The summed E-state index contributed by atoms with van der Waals surface area (Å²) < 4.78 is 14.9. The van der Waals surface area contributed by atoms with Crippen LogP contribution < -0.4 is 5.32 Å². The Balaban J connectivity index is 1.83. The van der Waals surface area contributed by atoms with E-state index in [1.165, 1.54) is 24.5 Å². The molecule has 0 aliphatic carbocycles. The molecule has 1 aromatic heterocycles. The second-order valence-electron chi connectivity index (χ2n) is 4.38. The van der Waals surface area contributed by atoms with Gasteiger partial charge in [-0.25, -0.2) is 4.79 Å². The van der Waals surface area contributed by atoms with Crippen molar-refractivity contribution in [1.82, 2.24) is 5.32 Å². The van der Waals surface area contributed by atoms with Gasteiger partial charge in [0, 0.05) is 11.8 Å². The van der Waals surface area contributed by atoms with Crippen LogP contribution in [0.3, 0.4) is 0 Å². The lowest BCUT2D eigenvalue weighted by Crippen LogP contribution is -2.20. The van der Waals surface area contributed by atoms with Crippen LogP contribution in [0.2, 0.25) is 0 Å². The molecule has 0 aromatic carbocycles. The van der Waals surface area contributed by atoms with E-state index < -0.39 is 5.97 Å². The largest absolute Gasteiger partial charge is 0.493 e. The summed E-state index contributed by atoms with van der Waals surface area (Å²) in [6.07, 6.45) is 1.17. The molecule has 0 spiro atoms. The van der Waals surface area contributed by atoms with Crippen LogP contribution in [0.15, 0.2) is 24.2 Å². The molecule has 0 radical (unpaired) electrons. The number of ether oxygens (including phenoxy) is 3. The summed E-state index contributed by atoms with van der Waals surface area (Å²) in [7, 11) is 0. The number of carbonyl (C=O) groups is 3. The summed E-state index contributed by atoms with van der Waals surface area (Å²) >= 11 is 1.24. The summed E-state index contributed by atoms with van der Waals surface area (Å²) in [4.78, 5) is 35.7. The molecule has 0 saturated heterocycles. The molecule has 0 unspecified atom stereocenters. The van der Waals surface area contributed by atoms with Gasteiger partial charge in [0.05, 0.1) is 11.4 Å². The Bertz CT molecular complexity index is 606. The van der Waals surface area contributed by atoms with Crippen LogP contribution in [-0.2, 0) is 30.3 Å². The number of amides is 1. The topological polar surface area (TPSA) is 90.9 Å². The molecule has 1 aliphatic rings. The average Bonchev–Trinajstić information content (AvgIpc) is 3.00. The Morgan fingerprint density at radius 1 is 1.32 bits per heavy atom. The van der Waals surface area contributed by atoms with E-state index in [1.54, 1.807) is 12.1 Å². The minimum Gasteiger partial charge on any atom is -0.493 e. The first-order valence-corrected chi connectivity index (χ1v) is 7.36. The first-order valence-electron chi connectivity index (χ1n) is 6.54. The molecular formula is C14H15NO6S. The molecule has 1 N–H and O–H groups in total. The first-order chi connectivity index (χ1) is 10.6. The fourth-order valence-corrected chi connectivity index (χ4v) is 2.45. The van der Waals surface area contributed by atoms with Gasteiger partial charge in [-0.15, -0.1) is 11.3 Å². The lowest BCUT2D eigenvalue weighted by atomic mass is 10.3. The minimum atomic E-state index is -0.733. The van der Waals surface area contributed by atoms with E-state index in [1.807, 2.05) is 0 Å². The molecule has 0 atom stereocenters. The van der Waals surface area contributed by atoms with Crippen molar-refractivity contribution < 1.29 is 28.6 Å². The lowest BCUT2D eigenvalue weighted by molar-refractivity contribution is -0.143. The highest BCUT2D eigenvalue weighted by atomic mass is 32.1. The van der Waals surface area contributed by atoms with Crippen LogP contribution in [-0.4, -0.2) is 37.5 Å². The van der Waals surface area contributed by atoms with E-state index in [9.17, 15) is 14.4 Å². The summed E-state index contributed by atoms with van der Waals surface area (Å²) in [5, 5.41) is 2.64. The highest BCUT2D eigenvalue weighted by molar-refractivity contribution is 7.14. The molecule has 0 bridgehead atoms. The second kappa shape index (κ2) is 7.60. The number of ketones is 1. The number of rotatable bonds is 6. The predicted octanol–water partition coefficient (Wildman–Crippen LogP) is 0.998. The monoisotopic (exact) mass is 325 g/mol. The fraction of sp³-hybridized carbons (Fsp3) is 0.357. The average molecular weight is 325 g/mol. The summed E-state index contributed by atoms with van der Waals surface area (Å²) in [6, 6.07) is 3.38. The SMILES string of the molecule is CC(=O)NCc1ccc(C(=O)COC(=O)C2=COCCO2)s1. The molecule has 22 heavy (non-hydrogen) atoms. The van der Waals surface area contributed by atoms with Crippen molar-refractivity contribution in [3.8, 4) is 0 Å². The summed E-state index contributed by atoms with van der Waals surface area (Å²) in [6.45, 7) is 2.06. The van der Waals surface area contributed by atoms with E-state index in [-0.39, 0.29) is 30.7 Å². The van der Waals surface area contributed by atoms with E-state index in [2.05, 4.69) is 5.32 Å². The highest BCUT2D eigenvalue weighted by Crippen LogP contribution is 2.17. The summed E-state index contributed by atoms with van der Waals surface area (Å²) in [5.41, 5.74) is 0. The van der Waals surface area contributed by atoms with Crippen molar-refractivity contribution in [2.75, 3.05) is 19.8 Å². The van der Waals surface area contributed by atoms with Gasteiger partial charge in [-0.1, -0.05) is 0 Å². The van der Waals surface area contributed by atoms with Crippen molar-refractivity contribution in [3.05, 3.63) is 33.9 Å². The molecule has 8 heteroatoms. The Labute approximate surface area is 130 Å². The van der Waals surface area contributed by atoms with Gasteiger partial charge in [-0.05, 0) is 12.1 Å². The van der Waals surface area contributed by atoms with Gasteiger partial charge < -0.3 is 19.5 Å². The molecule has 0 fully saturated rings. The Hall–Kier alpha value is -2.35. The molecule has 2 rings (SSSR count). The number of Topliss-reactive ketones (excluding diaryl/α,β-unsaturated/α-hetero) is 1. The van der Waals surface area contributed by atoms with Crippen LogP contribution >= 0.6 is 11.3 Å². The molecule has 1 aromatic rings. The van der Waals surface area contributed by atoms with Crippen LogP contribution in [0, 0.1) is 0 Å². The van der Waals surface area contributed by atoms with Gasteiger partial charge in [-0.3, -0.25) is 9.59 Å². The zero-order chi connectivity index (χ0) is 15.9. The maximum atomic E-state index is 11.9. The highest BCUT2D eigenvalue weighted by Gasteiger charge is 2.19. The smallest absolute Gasteiger partial charge is 0.377 e. The predicted molar refractivity (Wildman–Crippen MR) is 77.1 cm³/mol. The van der Waals surface area contributed by atoms with E-state index in [0.29, 0.717) is 18.0 Å². The lowest BCUT2D eigenvalue weighted by Gasteiger charge is -2.13.